The van der Waals surface area contributed by atoms with Crippen LogP contribution in [-0.4, -0.2) is 6.10 Å². The number of nitrogen functional groups attached to an aromatic ring is 1. The van der Waals surface area contributed by atoms with Gasteiger partial charge in [0.1, 0.15) is 5.75 Å². The number of fused-ring (bicyclic) bond motifs is 1. The van der Waals surface area contributed by atoms with Crippen molar-refractivity contribution in [3.05, 3.63) is 29.3 Å². The second-order valence-corrected chi connectivity index (χ2v) is 5.29. The molecule has 18 heavy (non-hydrogen) atoms. The first kappa shape index (κ1) is 13.0. The van der Waals surface area contributed by atoms with Crippen LogP contribution in [0.5, 0.6) is 5.75 Å². The van der Waals surface area contributed by atoms with E-state index in [1.807, 2.05) is 6.07 Å². The molecule has 98 valence electrons. The molecular formula is C16H23NO. The second kappa shape index (κ2) is 5.05. The lowest BCUT2D eigenvalue weighted by Gasteiger charge is -2.28. The van der Waals surface area contributed by atoms with E-state index in [4.69, 9.17) is 10.5 Å². The van der Waals surface area contributed by atoms with Gasteiger partial charge in [0.2, 0.25) is 0 Å². The van der Waals surface area contributed by atoms with E-state index in [0.29, 0.717) is 0 Å². The van der Waals surface area contributed by atoms with Gasteiger partial charge in [0.05, 0.1) is 11.8 Å². The molecule has 0 bridgehead atoms. The molecule has 0 saturated carbocycles. The number of benzene rings is 1. The lowest BCUT2D eigenvalue weighted by Crippen LogP contribution is -2.21. The van der Waals surface area contributed by atoms with Crippen LogP contribution in [0.25, 0.3) is 5.57 Å². The van der Waals surface area contributed by atoms with Crippen molar-refractivity contribution in [2.75, 3.05) is 5.73 Å². The minimum Gasteiger partial charge on any atom is -0.488 e. The Morgan fingerprint density at radius 1 is 1.56 bits per heavy atom. The molecule has 0 spiro atoms. The summed E-state index contributed by atoms with van der Waals surface area (Å²) in [7, 11) is 0. The van der Waals surface area contributed by atoms with E-state index in [-0.39, 0.29) is 6.10 Å². The Morgan fingerprint density at radius 2 is 2.28 bits per heavy atom. The van der Waals surface area contributed by atoms with Gasteiger partial charge in [-0.3, -0.25) is 0 Å². The summed E-state index contributed by atoms with van der Waals surface area (Å²) in [5, 5.41) is 0. The predicted octanol–water partition coefficient (Wildman–Crippen LogP) is 4.10. The fourth-order valence-corrected chi connectivity index (χ4v) is 2.80. The van der Waals surface area contributed by atoms with E-state index < -0.39 is 0 Å². The van der Waals surface area contributed by atoms with Crippen LogP contribution < -0.4 is 10.5 Å². The summed E-state index contributed by atoms with van der Waals surface area (Å²) >= 11 is 0. The SMILES string of the molecule is C=C(CCC)c1c(C)cc(N)c2c1CCC(C)O2. The van der Waals surface area contributed by atoms with Gasteiger partial charge < -0.3 is 10.5 Å². The van der Waals surface area contributed by atoms with E-state index in [2.05, 4.69) is 27.4 Å². The van der Waals surface area contributed by atoms with Crippen LogP contribution in [0.3, 0.4) is 0 Å². The molecule has 0 amide bonds. The van der Waals surface area contributed by atoms with Crippen molar-refractivity contribution in [3.8, 4) is 5.75 Å². The fourth-order valence-electron chi connectivity index (χ4n) is 2.80. The van der Waals surface area contributed by atoms with Crippen LogP contribution in [0, 0.1) is 6.92 Å². The predicted molar refractivity (Wildman–Crippen MR) is 77.9 cm³/mol. The first-order chi connectivity index (χ1) is 8.54. The maximum atomic E-state index is 6.09. The third kappa shape index (κ3) is 2.24. The minimum atomic E-state index is 0.259. The van der Waals surface area contributed by atoms with Gasteiger partial charge in [0.25, 0.3) is 0 Å². The van der Waals surface area contributed by atoms with E-state index >= 15 is 0 Å². The highest BCUT2D eigenvalue weighted by atomic mass is 16.5. The molecule has 1 heterocycles. The van der Waals surface area contributed by atoms with Crippen LogP contribution >= 0.6 is 0 Å². The van der Waals surface area contributed by atoms with Crippen molar-refractivity contribution < 1.29 is 4.74 Å². The number of allylic oxidation sites excluding steroid dienone is 1. The monoisotopic (exact) mass is 245 g/mol. The Balaban J connectivity index is 2.53. The molecule has 1 aromatic rings. The Kier molecular flexibility index (Phi) is 3.65. The number of nitrogens with two attached hydrogens (primary N) is 1. The van der Waals surface area contributed by atoms with E-state index in [0.717, 1.165) is 37.1 Å². The molecule has 2 N–H and O–H groups in total. The zero-order valence-electron chi connectivity index (χ0n) is 11.7. The molecule has 1 atom stereocenters. The molecular weight excluding hydrogens is 222 g/mol. The minimum absolute atomic E-state index is 0.259. The Hall–Kier alpha value is -1.44. The molecule has 2 heteroatoms. The first-order valence-electron chi connectivity index (χ1n) is 6.81. The van der Waals surface area contributed by atoms with Gasteiger partial charge in [0.15, 0.2) is 0 Å². The largest absolute Gasteiger partial charge is 0.488 e. The van der Waals surface area contributed by atoms with Crippen LogP contribution in [0.1, 0.15) is 49.8 Å². The normalized spacial score (nSPS) is 18.1. The van der Waals surface area contributed by atoms with Crippen molar-refractivity contribution in [3.63, 3.8) is 0 Å². The van der Waals surface area contributed by atoms with Gasteiger partial charge in [-0.25, -0.2) is 0 Å². The Morgan fingerprint density at radius 3 is 2.94 bits per heavy atom. The highest BCUT2D eigenvalue weighted by Gasteiger charge is 2.23. The summed E-state index contributed by atoms with van der Waals surface area (Å²) in [5.74, 6) is 0.895. The van der Waals surface area contributed by atoms with Crippen molar-refractivity contribution in [1.29, 1.82) is 0 Å². The van der Waals surface area contributed by atoms with Gasteiger partial charge in [0, 0.05) is 5.56 Å². The number of anilines is 1. The molecule has 1 aliphatic rings. The first-order valence-corrected chi connectivity index (χ1v) is 6.81. The Bertz CT molecular complexity index is 476. The average molecular weight is 245 g/mol. The van der Waals surface area contributed by atoms with E-state index in [1.54, 1.807) is 0 Å². The molecule has 1 aliphatic heterocycles. The quantitative estimate of drug-likeness (QED) is 0.813. The molecule has 0 radical (unpaired) electrons. The number of rotatable bonds is 3. The Labute approximate surface area is 110 Å². The average Bonchev–Trinajstić information content (AvgIpc) is 2.30. The summed E-state index contributed by atoms with van der Waals surface area (Å²) in [6.07, 6.45) is 4.51. The van der Waals surface area contributed by atoms with Gasteiger partial charge in [-0.15, -0.1) is 0 Å². The fraction of sp³-hybridized carbons (Fsp3) is 0.500. The van der Waals surface area contributed by atoms with E-state index in [9.17, 15) is 0 Å². The van der Waals surface area contributed by atoms with Gasteiger partial charge in [-0.1, -0.05) is 19.9 Å². The van der Waals surface area contributed by atoms with Crippen LogP contribution in [0.15, 0.2) is 12.6 Å². The van der Waals surface area contributed by atoms with Crippen LogP contribution in [0.2, 0.25) is 0 Å². The van der Waals surface area contributed by atoms with Gasteiger partial charge in [-0.05, 0) is 55.9 Å². The van der Waals surface area contributed by atoms with E-state index in [1.165, 1.54) is 22.3 Å². The standard InChI is InChI=1S/C16H23NO/c1-5-6-10(2)15-11(3)9-14(17)16-13(15)8-7-12(4)18-16/h9,12H,2,5-8,17H2,1,3-4H3. The number of aryl methyl sites for hydroxylation is 1. The molecule has 1 aromatic carbocycles. The van der Waals surface area contributed by atoms with Crippen molar-refractivity contribution in [1.82, 2.24) is 0 Å². The molecule has 0 aliphatic carbocycles. The summed E-state index contributed by atoms with van der Waals surface area (Å²) in [6.45, 7) is 10.6. The third-order valence-electron chi connectivity index (χ3n) is 3.63. The van der Waals surface area contributed by atoms with Crippen molar-refractivity contribution in [2.45, 2.75) is 52.6 Å². The number of hydrogen-bond donors (Lipinski definition) is 1. The van der Waals surface area contributed by atoms with Crippen LogP contribution in [0.4, 0.5) is 5.69 Å². The molecule has 2 rings (SSSR count). The van der Waals surface area contributed by atoms with Gasteiger partial charge in [-0.2, -0.15) is 0 Å². The summed E-state index contributed by atoms with van der Waals surface area (Å²) < 4.78 is 5.92. The lowest BCUT2D eigenvalue weighted by atomic mass is 9.88. The summed E-state index contributed by atoms with van der Waals surface area (Å²) in [5.41, 5.74) is 11.8. The smallest absolute Gasteiger partial charge is 0.146 e. The van der Waals surface area contributed by atoms with Crippen molar-refractivity contribution >= 4 is 11.3 Å². The number of ether oxygens (including phenoxy) is 1. The third-order valence-corrected chi connectivity index (χ3v) is 3.63. The summed E-state index contributed by atoms with van der Waals surface area (Å²) in [4.78, 5) is 0. The molecule has 0 aromatic heterocycles. The van der Waals surface area contributed by atoms with Gasteiger partial charge >= 0.3 is 0 Å². The highest BCUT2D eigenvalue weighted by molar-refractivity contribution is 5.76. The molecule has 2 nitrogen and oxygen atoms in total. The highest BCUT2D eigenvalue weighted by Crippen LogP contribution is 2.40. The lowest BCUT2D eigenvalue weighted by molar-refractivity contribution is 0.193. The molecule has 0 saturated heterocycles. The number of hydrogen-bond acceptors (Lipinski definition) is 2. The topological polar surface area (TPSA) is 35.2 Å². The molecule has 1 unspecified atom stereocenters. The maximum Gasteiger partial charge on any atom is 0.146 e. The zero-order valence-corrected chi connectivity index (χ0v) is 11.7. The molecule has 0 fully saturated rings. The summed E-state index contributed by atoms with van der Waals surface area (Å²) in [6, 6.07) is 2.02. The maximum absolute atomic E-state index is 6.09. The second-order valence-electron chi connectivity index (χ2n) is 5.29. The zero-order chi connectivity index (χ0) is 13.3. The van der Waals surface area contributed by atoms with Crippen LogP contribution in [-0.2, 0) is 6.42 Å². The van der Waals surface area contributed by atoms with Crippen molar-refractivity contribution in [2.24, 2.45) is 0 Å².